The summed E-state index contributed by atoms with van der Waals surface area (Å²) in [4.78, 5) is 30.5. The molecule has 1 aliphatic rings. The number of carbonyl (C=O) groups excluding carboxylic acids is 2. The molecule has 5 rings (SSSR count). The highest BCUT2D eigenvalue weighted by Gasteiger charge is 2.35. The highest BCUT2D eigenvalue weighted by Crippen LogP contribution is 2.34. The van der Waals surface area contributed by atoms with E-state index in [1.807, 2.05) is 18.2 Å². The van der Waals surface area contributed by atoms with Crippen LogP contribution in [0.25, 0.3) is 22.2 Å². The van der Waals surface area contributed by atoms with E-state index in [2.05, 4.69) is 37.0 Å². The first-order chi connectivity index (χ1) is 14.9. The van der Waals surface area contributed by atoms with E-state index in [0.29, 0.717) is 29.1 Å². The molecule has 1 aliphatic heterocycles. The predicted molar refractivity (Wildman–Crippen MR) is 124 cm³/mol. The molecule has 4 nitrogen and oxygen atoms in total. The molecule has 1 N–H and O–H groups in total. The van der Waals surface area contributed by atoms with E-state index in [4.69, 9.17) is 11.6 Å². The number of nitrogens with one attached hydrogen (secondary N) is 1. The van der Waals surface area contributed by atoms with Gasteiger partial charge in [0.05, 0.1) is 11.1 Å². The summed E-state index contributed by atoms with van der Waals surface area (Å²) in [5.41, 5.74) is 7.43. The molecule has 4 aromatic rings. The Bertz CT molecular complexity index is 1310. The molecule has 5 heteroatoms. The lowest BCUT2D eigenvalue weighted by molar-refractivity contribution is 0.0656. The average molecular weight is 429 g/mol. The van der Waals surface area contributed by atoms with Crippen molar-refractivity contribution in [1.82, 2.24) is 9.88 Å². The van der Waals surface area contributed by atoms with Crippen LogP contribution < -0.4 is 0 Å². The molecule has 0 saturated heterocycles. The molecule has 31 heavy (non-hydrogen) atoms. The van der Waals surface area contributed by atoms with E-state index in [1.165, 1.54) is 16.0 Å². The van der Waals surface area contributed by atoms with Crippen molar-refractivity contribution in [3.05, 3.63) is 93.5 Å². The quantitative estimate of drug-likeness (QED) is 0.409. The fraction of sp³-hybridized carbons (Fsp3) is 0.154. The van der Waals surface area contributed by atoms with Gasteiger partial charge in [-0.15, -0.1) is 0 Å². The number of halogens is 1. The van der Waals surface area contributed by atoms with Gasteiger partial charge in [-0.3, -0.25) is 14.5 Å². The molecule has 0 aliphatic carbocycles. The summed E-state index contributed by atoms with van der Waals surface area (Å²) >= 11 is 6.30. The van der Waals surface area contributed by atoms with E-state index in [1.54, 1.807) is 24.3 Å². The van der Waals surface area contributed by atoms with Crippen molar-refractivity contribution >= 4 is 34.3 Å². The third-order valence-corrected chi connectivity index (χ3v) is 6.08. The third-order valence-electron chi connectivity index (χ3n) is 5.84. The number of aromatic nitrogens is 1. The molecule has 0 radical (unpaired) electrons. The number of aryl methyl sites for hydroxylation is 2. The van der Waals surface area contributed by atoms with Gasteiger partial charge in [-0.1, -0.05) is 40.9 Å². The average Bonchev–Trinajstić information content (AvgIpc) is 3.21. The van der Waals surface area contributed by atoms with E-state index in [0.717, 1.165) is 27.7 Å². The number of benzene rings is 3. The van der Waals surface area contributed by atoms with Crippen LogP contribution in [0.15, 0.2) is 60.7 Å². The summed E-state index contributed by atoms with van der Waals surface area (Å²) in [6.07, 6.45) is 0.536. The number of amides is 2. The predicted octanol–water partition coefficient (Wildman–Crippen LogP) is 5.94. The van der Waals surface area contributed by atoms with E-state index in [-0.39, 0.29) is 11.8 Å². The maximum Gasteiger partial charge on any atom is 0.261 e. The number of fused-ring (bicyclic) bond motifs is 2. The highest BCUT2D eigenvalue weighted by molar-refractivity contribution is 6.31. The molecule has 0 saturated carbocycles. The maximum absolute atomic E-state index is 12.8. The Morgan fingerprint density at radius 1 is 0.871 bits per heavy atom. The second-order valence-corrected chi connectivity index (χ2v) is 8.54. The van der Waals surface area contributed by atoms with Gasteiger partial charge in [0.2, 0.25) is 0 Å². The number of imide groups is 1. The lowest BCUT2D eigenvalue weighted by atomic mass is 9.99. The molecule has 0 atom stereocenters. The SMILES string of the molecule is Cc1cc(C)cc(-c2[nH]c3ccc(Cl)cc3c2CCN2C(=O)c3ccccc3C2=O)c1. The molecule has 3 aromatic carbocycles. The minimum absolute atomic E-state index is 0.230. The van der Waals surface area contributed by atoms with Gasteiger partial charge < -0.3 is 4.98 Å². The van der Waals surface area contributed by atoms with Crippen molar-refractivity contribution in [2.45, 2.75) is 20.3 Å². The van der Waals surface area contributed by atoms with Crippen molar-refractivity contribution in [3.63, 3.8) is 0 Å². The van der Waals surface area contributed by atoms with Crippen LogP contribution >= 0.6 is 11.6 Å². The third kappa shape index (κ3) is 3.33. The first kappa shape index (κ1) is 19.6. The monoisotopic (exact) mass is 428 g/mol. The van der Waals surface area contributed by atoms with Crippen LogP contribution in [0.2, 0.25) is 5.02 Å². The first-order valence-electron chi connectivity index (χ1n) is 10.3. The summed E-state index contributed by atoms with van der Waals surface area (Å²) in [6, 6.07) is 19.2. The van der Waals surface area contributed by atoms with Gasteiger partial charge in [-0.25, -0.2) is 0 Å². The molecule has 0 fully saturated rings. The van der Waals surface area contributed by atoms with Crippen molar-refractivity contribution in [1.29, 1.82) is 0 Å². The minimum Gasteiger partial charge on any atom is -0.354 e. The lowest BCUT2D eigenvalue weighted by Gasteiger charge is -2.15. The number of nitrogens with zero attached hydrogens (tertiary/aromatic N) is 1. The Morgan fingerprint density at radius 3 is 2.16 bits per heavy atom. The number of rotatable bonds is 4. The Kier molecular flexibility index (Phi) is 4.67. The fourth-order valence-corrected chi connectivity index (χ4v) is 4.68. The molecule has 1 aromatic heterocycles. The van der Waals surface area contributed by atoms with E-state index >= 15 is 0 Å². The van der Waals surface area contributed by atoms with Crippen LogP contribution in [-0.4, -0.2) is 28.2 Å². The Hall–Kier alpha value is -3.37. The minimum atomic E-state index is -0.230. The highest BCUT2D eigenvalue weighted by atomic mass is 35.5. The molecular weight excluding hydrogens is 408 g/mol. The molecule has 2 amide bonds. The number of H-pyrrole nitrogens is 1. The zero-order valence-electron chi connectivity index (χ0n) is 17.3. The Balaban J connectivity index is 1.56. The summed E-state index contributed by atoms with van der Waals surface area (Å²) in [6.45, 7) is 4.46. The normalized spacial score (nSPS) is 13.3. The van der Waals surface area contributed by atoms with Gasteiger partial charge in [0, 0.05) is 28.2 Å². The zero-order valence-corrected chi connectivity index (χ0v) is 18.1. The van der Waals surface area contributed by atoms with Crippen LogP contribution in [0.1, 0.15) is 37.4 Å². The lowest BCUT2D eigenvalue weighted by Crippen LogP contribution is -2.31. The smallest absolute Gasteiger partial charge is 0.261 e. The topological polar surface area (TPSA) is 53.2 Å². The second-order valence-electron chi connectivity index (χ2n) is 8.10. The Labute approximate surface area is 185 Å². The number of hydrogen-bond acceptors (Lipinski definition) is 2. The standard InChI is InChI=1S/C26H21ClN2O2/c1-15-11-16(2)13-17(12-15)24-19(22-14-18(27)7-8-23(22)28-24)9-10-29-25(30)20-5-3-4-6-21(20)26(29)31/h3-8,11-14,28H,9-10H2,1-2H3. The van der Waals surface area contributed by atoms with Gasteiger partial charge >= 0.3 is 0 Å². The van der Waals surface area contributed by atoms with Crippen molar-refractivity contribution in [2.24, 2.45) is 0 Å². The first-order valence-corrected chi connectivity index (χ1v) is 10.6. The van der Waals surface area contributed by atoms with E-state index < -0.39 is 0 Å². The van der Waals surface area contributed by atoms with Crippen molar-refractivity contribution in [2.75, 3.05) is 6.54 Å². The molecule has 0 spiro atoms. The van der Waals surface area contributed by atoms with Gasteiger partial charge in [0.15, 0.2) is 0 Å². The second kappa shape index (κ2) is 7.40. The van der Waals surface area contributed by atoms with E-state index in [9.17, 15) is 9.59 Å². The van der Waals surface area contributed by atoms with Crippen LogP contribution in [0.3, 0.4) is 0 Å². The van der Waals surface area contributed by atoms with Crippen LogP contribution in [-0.2, 0) is 6.42 Å². The summed E-state index contributed by atoms with van der Waals surface area (Å²) < 4.78 is 0. The fourth-order valence-electron chi connectivity index (χ4n) is 4.51. The van der Waals surface area contributed by atoms with Gasteiger partial charge in [-0.05, 0) is 73.9 Å². The maximum atomic E-state index is 12.8. The van der Waals surface area contributed by atoms with Crippen LogP contribution in [0.5, 0.6) is 0 Å². The van der Waals surface area contributed by atoms with Crippen LogP contribution in [0.4, 0.5) is 0 Å². The summed E-state index contributed by atoms with van der Waals surface area (Å²) in [7, 11) is 0. The Morgan fingerprint density at radius 2 is 1.52 bits per heavy atom. The molecule has 0 bridgehead atoms. The van der Waals surface area contributed by atoms with Gasteiger partial charge in [0.1, 0.15) is 0 Å². The van der Waals surface area contributed by atoms with Crippen LogP contribution in [0, 0.1) is 13.8 Å². The molecule has 154 valence electrons. The number of aromatic amines is 1. The number of hydrogen-bond donors (Lipinski definition) is 1. The van der Waals surface area contributed by atoms with Gasteiger partial charge in [-0.2, -0.15) is 0 Å². The molecule has 2 heterocycles. The summed E-state index contributed by atoms with van der Waals surface area (Å²) in [5, 5.41) is 1.67. The number of carbonyl (C=O) groups is 2. The summed E-state index contributed by atoms with van der Waals surface area (Å²) in [5.74, 6) is -0.460. The van der Waals surface area contributed by atoms with Gasteiger partial charge in [0.25, 0.3) is 11.8 Å². The van der Waals surface area contributed by atoms with Crippen molar-refractivity contribution < 1.29 is 9.59 Å². The van der Waals surface area contributed by atoms with Crippen molar-refractivity contribution in [3.8, 4) is 11.3 Å². The largest absolute Gasteiger partial charge is 0.354 e. The molecule has 0 unspecified atom stereocenters. The molecular formula is C26H21ClN2O2. The zero-order chi connectivity index (χ0) is 21.7.